The molecule has 0 saturated heterocycles. The van der Waals surface area contributed by atoms with Gasteiger partial charge < -0.3 is 14.8 Å². The summed E-state index contributed by atoms with van der Waals surface area (Å²) in [6.45, 7) is 3.44. The third-order valence-corrected chi connectivity index (χ3v) is 3.64. The van der Waals surface area contributed by atoms with E-state index in [0.717, 1.165) is 18.1 Å². The van der Waals surface area contributed by atoms with E-state index in [2.05, 4.69) is 5.32 Å². The summed E-state index contributed by atoms with van der Waals surface area (Å²) >= 11 is 0. The van der Waals surface area contributed by atoms with Crippen molar-refractivity contribution in [1.29, 1.82) is 0 Å². The maximum Gasteiger partial charge on any atom is 0.338 e. The van der Waals surface area contributed by atoms with Crippen LogP contribution in [0.4, 0.5) is 11.4 Å². The number of aryl methyl sites for hydroxylation is 1. The van der Waals surface area contributed by atoms with Gasteiger partial charge in [0.05, 0.1) is 17.1 Å². The van der Waals surface area contributed by atoms with E-state index in [1.54, 1.807) is 13.0 Å². The fourth-order valence-electron chi connectivity index (χ4n) is 2.35. The number of ether oxygens (including phenoxy) is 2. The van der Waals surface area contributed by atoms with Crippen molar-refractivity contribution in [2.24, 2.45) is 0 Å². The van der Waals surface area contributed by atoms with E-state index in [-0.39, 0.29) is 23.6 Å². The molecule has 8 nitrogen and oxygen atoms in total. The zero-order valence-corrected chi connectivity index (χ0v) is 15.1. The molecular formula is C19H20N2O6. The number of amides is 1. The molecule has 0 radical (unpaired) electrons. The Morgan fingerprint density at radius 1 is 1.15 bits per heavy atom. The lowest BCUT2D eigenvalue weighted by Gasteiger charge is -2.09. The van der Waals surface area contributed by atoms with Crippen molar-refractivity contribution in [3.63, 3.8) is 0 Å². The SMILES string of the molecule is CCOc1ccc(C(=O)OCC(=O)Nc2cccc(CC)c2)cc1[N+](=O)[O-]. The molecule has 2 aromatic carbocycles. The molecule has 0 aromatic heterocycles. The average molecular weight is 372 g/mol. The van der Waals surface area contributed by atoms with Gasteiger partial charge in [0.15, 0.2) is 12.4 Å². The third kappa shape index (κ3) is 5.53. The van der Waals surface area contributed by atoms with Crippen LogP contribution in [0.1, 0.15) is 29.8 Å². The second-order valence-electron chi connectivity index (χ2n) is 5.55. The summed E-state index contributed by atoms with van der Waals surface area (Å²) in [5.41, 5.74) is 1.29. The highest BCUT2D eigenvalue weighted by molar-refractivity contribution is 5.96. The van der Waals surface area contributed by atoms with Crippen molar-refractivity contribution in [1.82, 2.24) is 0 Å². The van der Waals surface area contributed by atoms with Crippen LogP contribution in [-0.4, -0.2) is 30.0 Å². The van der Waals surface area contributed by atoms with Crippen LogP contribution in [0.5, 0.6) is 5.75 Å². The molecule has 1 N–H and O–H groups in total. The van der Waals surface area contributed by atoms with Gasteiger partial charge in [0.2, 0.25) is 0 Å². The minimum Gasteiger partial charge on any atom is -0.487 e. The van der Waals surface area contributed by atoms with Crippen LogP contribution in [0.3, 0.4) is 0 Å². The van der Waals surface area contributed by atoms with E-state index >= 15 is 0 Å². The first-order chi connectivity index (χ1) is 12.9. The molecule has 142 valence electrons. The summed E-state index contributed by atoms with van der Waals surface area (Å²) < 4.78 is 10.1. The first-order valence-electron chi connectivity index (χ1n) is 8.41. The Bertz CT molecular complexity index is 850. The Kier molecular flexibility index (Phi) is 6.87. The molecule has 2 rings (SSSR count). The molecule has 2 aromatic rings. The van der Waals surface area contributed by atoms with Crippen molar-refractivity contribution >= 4 is 23.3 Å². The van der Waals surface area contributed by atoms with Crippen LogP contribution in [0.25, 0.3) is 0 Å². The Labute approximate surface area is 156 Å². The summed E-state index contributed by atoms with van der Waals surface area (Å²) in [4.78, 5) is 34.5. The van der Waals surface area contributed by atoms with Gasteiger partial charge in [-0.15, -0.1) is 0 Å². The number of hydrogen-bond donors (Lipinski definition) is 1. The molecule has 1 amide bonds. The predicted molar refractivity (Wildman–Crippen MR) is 99.0 cm³/mol. The number of benzene rings is 2. The Hall–Kier alpha value is -3.42. The van der Waals surface area contributed by atoms with Crippen molar-refractivity contribution in [3.8, 4) is 5.75 Å². The fourth-order valence-corrected chi connectivity index (χ4v) is 2.35. The minimum atomic E-state index is -0.835. The zero-order chi connectivity index (χ0) is 19.8. The molecule has 0 fully saturated rings. The lowest BCUT2D eigenvalue weighted by atomic mass is 10.1. The van der Waals surface area contributed by atoms with Crippen molar-refractivity contribution in [2.75, 3.05) is 18.5 Å². The van der Waals surface area contributed by atoms with Crippen LogP contribution >= 0.6 is 0 Å². The molecule has 0 heterocycles. The first kappa shape index (κ1) is 19.9. The molecule has 8 heteroatoms. The van der Waals surface area contributed by atoms with Crippen LogP contribution in [-0.2, 0) is 16.0 Å². The number of nitro groups is 1. The Morgan fingerprint density at radius 2 is 1.93 bits per heavy atom. The van der Waals surface area contributed by atoms with Gasteiger partial charge in [0, 0.05) is 11.8 Å². The second kappa shape index (κ2) is 9.33. The quantitative estimate of drug-likeness (QED) is 0.432. The number of rotatable bonds is 8. The molecule has 0 aliphatic rings. The summed E-state index contributed by atoms with van der Waals surface area (Å²) in [5, 5.41) is 13.7. The summed E-state index contributed by atoms with van der Waals surface area (Å²) in [6, 6.07) is 11.1. The van der Waals surface area contributed by atoms with Crippen molar-refractivity contribution in [2.45, 2.75) is 20.3 Å². The number of carbonyl (C=O) groups is 2. The highest BCUT2D eigenvalue weighted by Gasteiger charge is 2.20. The van der Waals surface area contributed by atoms with Gasteiger partial charge in [-0.05, 0) is 43.2 Å². The maximum atomic E-state index is 12.1. The molecule has 0 unspecified atom stereocenters. The van der Waals surface area contributed by atoms with Gasteiger partial charge in [-0.1, -0.05) is 19.1 Å². The molecule has 0 spiro atoms. The lowest BCUT2D eigenvalue weighted by Crippen LogP contribution is -2.21. The van der Waals surface area contributed by atoms with E-state index in [9.17, 15) is 19.7 Å². The third-order valence-electron chi connectivity index (χ3n) is 3.64. The number of nitrogens with one attached hydrogen (secondary N) is 1. The number of nitro benzene ring substituents is 1. The van der Waals surface area contributed by atoms with Crippen LogP contribution in [0, 0.1) is 10.1 Å². The number of nitrogens with zero attached hydrogens (tertiary/aromatic N) is 1. The van der Waals surface area contributed by atoms with Crippen LogP contribution < -0.4 is 10.1 Å². The number of carbonyl (C=O) groups excluding carboxylic acids is 2. The molecule has 0 aliphatic heterocycles. The highest BCUT2D eigenvalue weighted by Crippen LogP contribution is 2.28. The van der Waals surface area contributed by atoms with Gasteiger partial charge in [-0.3, -0.25) is 14.9 Å². The first-order valence-corrected chi connectivity index (χ1v) is 8.41. The summed E-state index contributed by atoms with van der Waals surface area (Å²) in [7, 11) is 0. The van der Waals surface area contributed by atoms with E-state index in [4.69, 9.17) is 9.47 Å². The fraction of sp³-hybridized carbons (Fsp3) is 0.263. The van der Waals surface area contributed by atoms with Crippen LogP contribution in [0.15, 0.2) is 42.5 Å². The topological polar surface area (TPSA) is 108 Å². The second-order valence-corrected chi connectivity index (χ2v) is 5.55. The number of anilines is 1. The molecular weight excluding hydrogens is 352 g/mol. The Morgan fingerprint density at radius 3 is 2.59 bits per heavy atom. The van der Waals surface area contributed by atoms with E-state index in [0.29, 0.717) is 5.69 Å². The van der Waals surface area contributed by atoms with Gasteiger partial charge in [0.1, 0.15) is 0 Å². The summed E-state index contributed by atoms with van der Waals surface area (Å²) in [6.07, 6.45) is 0.829. The van der Waals surface area contributed by atoms with Gasteiger partial charge >= 0.3 is 11.7 Å². The Balaban J connectivity index is 1.99. The molecule has 0 saturated carbocycles. The zero-order valence-electron chi connectivity index (χ0n) is 15.1. The normalized spacial score (nSPS) is 10.1. The van der Waals surface area contributed by atoms with Crippen LogP contribution in [0.2, 0.25) is 0 Å². The largest absolute Gasteiger partial charge is 0.487 e. The van der Waals surface area contributed by atoms with Crippen molar-refractivity contribution < 1.29 is 24.0 Å². The smallest absolute Gasteiger partial charge is 0.338 e. The average Bonchev–Trinajstić information content (AvgIpc) is 2.66. The monoisotopic (exact) mass is 372 g/mol. The molecule has 0 atom stereocenters. The molecule has 27 heavy (non-hydrogen) atoms. The van der Waals surface area contributed by atoms with E-state index < -0.39 is 23.4 Å². The standard InChI is InChI=1S/C19H20N2O6/c1-3-13-6-5-7-15(10-13)20-18(22)12-27-19(23)14-8-9-17(26-4-2)16(11-14)21(24)25/h5-11H,3-4,12H2,1-2H3,(H,20,22). The van der Waals surface area contributed by atoms with E-state index in [1.807, 2.05) is 25.1 Å². The maximum absolute atomic E-state index is 12.1. The number of hydrogen-bond acceptors (Lipinski definition) is 6. The van der Waals surface area contributed by atoms with E-state index in [1.165, 1.54) is 12.1 Å². The van der Waals surface area contributed by atoms with Gasteiger partial charge in [0.25, 0.3) is 5.91 Å². The molecule has 0 aliphatic carbocycles. The molecule has 0 bridgehead atoms. The summed E-state index contributed by atoms with van der Waals surface area (Å²) in [5.74, 6) is -1.27. The van der Waals surface area contributed by atoms with Gasteiger partial charge in [-0.25, -0.2) is 4.79 Å². The lowest BCUT2D eigenvalue weighted by molar-refractivity contribution is -0.385. The number of esters is 1. The van der Waals surface area contributed by atoms with Crippen molar-refractivity contribution in [3.05, 3.63) is 63.7 Å². The van der Waals surface area contributed by atoms with Gasteiger partial charge in [-0.2, -0.15) is 0 Å². The predicted octanol–water partition coefficient (Wildman–Crippen LogP) is 3.35. The minimum absolute atomic E-state index is 0.0362. The highest BCUT2D eigenvalue weighted by atomic mass is 16.6.